The number of imidazole rings is 1. The number of aryl methyl sites for hydroxylation is 2. The van der Waals surface area contributed by atoms with Gasteiger partial charge >= 0.3 is 5.69 Å². The molecule has 0 bridgehead atoms. The van der Waals surface area contributed by atoms with Crippen LogP contribution in [0.5, 0.6) is 0 Å². The summed E-state index contributed by atoms with van der Waals surface area (Å²) in [6.45, 7) is 3.10. The largest absolute Gasteiger partial charge is 0.467 e. The van der Waals surface area contributed by atoms with Gasteiger partial charge in [-0.2, -0.15) is 4.98 Å². The van der Waals surface area contributed by atoms with Crippen LogP contribution in [0.15, 0.2) is 32.4 Å². The molecule has 0 radical (unpaired) electrons. The van der Waals surface area contributed by atoms with Gasteiger partial charge in [-0.3, -0.25) is 13.9 Å². The fourth-order valence-corrected chi connectivity index (χ4v) is 2.60. The Kier molecular flexibility index (Phi) is 3.81. The fraction of sp³-hybridized carbons (Fsp3) is 0.400. The van der Waals surface area contributed by atoms with Crippen molar-refractivity contribution in [1.82, 2.24) is 18.7 Å². The van der Waals surface area contributed by atoms with Crippen molar-refractivity contribution in [1.29, 1.82) is 0 Å². The number of hydrogen-bond donors (Lipinski definition) is 1. The lowest BCUT2D eigenvalue weighted by Crippen LogP contribution is -2.37. The van der Waals surface area contributed by atoms with Gasteiger partial charge in [0, 0.05) is 20.6 Å². The standard InChI is InChI=1S/C15H19N5O3/c1-4-7-20-11-12(18(2)15(22)19(3)13(11)21)17-14(20)16-9-10-6-5-8-23-10/h5-6,8H,4,7,9H2,1-3H3,(H,16,17). The van der Waals surface area contributed by atoms with E-state index in [-0.39, 0.29) is 11.2 Å². The summed E-state index contributed by atoms with van der Waals surface area (Å²) in [6, 6.07) is 3.67. The first-order valence-corrected chi connectivity index (χ1v) is 7.47. The van der Waals surface area contributed by atoms with Gasteiger partial charge in [-0.1, -0.05) is 6.92 Å². The van der Waals surface area contributed by atoms with E-state index in [9.17, 15) is 9.59 Å². The zero-order valence-corrected chi connectivity index (χ0v) is 13.4. The molecule has 23 heavy (non-hydrogen) atoms. The zero-order valence-electron chi connectivity index (χ0n) is 13.4. The van der Waals surface area contributed by atoms with E-state index in [4.69, 9.17) is 4.42 Å². The van der Waals surface area contributed by atoms with Gasteiger partial charge in [-0.15, -0.1) is 0 Å². The molecule has 3 aromatic heterocycles. The number of furan rings is 1. The van der Waals surface area contributed by atoms with Crippen LogP contribution in [-0.4, -0.2) is 18.7 Å². The second-order valence-electron chi connectivity index (χ2n) is 5.40. The Labute approximate surface area is 132 Å². The minimum absolute atomic E-state index is 0.338. The second-order valence-corrected chi connectivity index (χ2v) is 5.40. The van der Waals surface area contributed by atoms with E-state index in [0.29, 0.717) is 30.2 Å². The first kappa shape index (κ1) is 15.1. The van der Waals surface area contributed by atoms with Gasteiger partial charge in [0.15, 0.2) is 11.2 Å². The fourth-order valence-electron chi connectivity index (χ4n) is 2.60. The molecule has 3 heterocycles. The molecule has 0 aromatic carbocycles. The van der Waals surface area contributed by atoms with E-state index >= 15 is 0 Å². The molecule has 3 aromatic rings. The molecule has 1 N–H and O–H groups in total. The quantitative estimate of drug-likeness (QED) is 0.760. The number of nitrogens with zero attached hydrogens (tertiary/aromatic N) is 4. The number of nitrogens with one attached hydrogen (secondary N) is 1. The van der Waals surface area contributed by atoms with Gasteiger partial charge in [0.05, 0.1) is 12.8 Å². The average molecular weight is 317 g/mol. The summed E-state index contributed by atoms with van der Waals surface area (Å²) in [7, 11) is 3.09. The van der Waals surface area contributed by atoms with Crippen molar-refractivity contribution in [3.63, 3.8) is 0 Å². The summed E-state index contributed by atoms with van der Waals surface area (Å²) in [4.78, 5) is 29.0. The highest BCUT2D eigenvalue weighted by molar-refractivity contribution is 5.74. The van der Waals surface area contributed by atoms with Gasteiger partial charge in [-0.25, -0.2) is 4.79 Å². The van der Waals surface area contributed by atoms with Crippen molar-refractivity contribution in [2.45, 2.75) is 26.4 Å². The minimum Gasteiger partial charge on any atom is -0.467 e. The second kappa shape index (κ2) is 5.79. The highest BCUT2D eigenvalue weighted by Crippen LogP contribution is 2.17. The number of aromatic nitrogens is 4. The molecule has 0 aliphatic rings. The summed E-state index contributed by atoms with van der Waals surface area (Å²) < 4.78 is 9.61. The Bertz CT molecular complexity index is 946. The van der Waals surface area contributed by atoms with E-state index in [1.165, 1.54) is 11.6 Å². The third kappa shape index (κ3) is 2.45. The number of anilines is 1. The Morgan fingerprint density at radius 2 is 2.04 bits per heavy atom. The van der Waals surface area contributed by atoms with Gasteiger partial charge in [-0.05, 0) is 18.6 Å². The smallest absolute Gasteiger partial charge is 0.332 e. The lowest BCUT2D eigenvalue weighted by Gasteiger charge is -2.08. The van der Waals surface area contributed by atoms with Crippen LogP contribution >= 0.6 is 0 Å². The van der Waals surface area contributed by atoms with Crippen molar-refractivity contribution in [2.24, 2.45) is 14.1 Å². The molecule has 3 rings (SSSR count). The summed E-state index contributed by atoms with van der Waals surface area (Å²) >= 11 is 0. The van der Waals surface area contributed by atoms with Crippen LogP contribution in [0.1, 0.15) is 19.1 Å². The predicted molar refractivity (Wildman–Crippen MR) is 86.5 cm³/mol. The van der Waals surface area contributed by atoms with Crippen LogP contribution in [-0.2, 0) is 27.2 Å². The number of fused-ring (bicyclic) bond motifs is 1. The molecule has 0 fully saturated rings. The molecule has 0 atom stereocenters. The lowest BCUT2D eigenvalue weighted by molar-refractivity contribution is 0.516. The highest BCUT2D eigenvalue weighted by atomic mass is 16.3. The maximum absolute atomic E-state index is 12.5. The van der Waals surface area contributed by atoms with Crippen molar-refractivity contribution in [3.8, 4) is 0 Å². The maximum Gasteiger partial charge on any atom is 0.332 e. The van der Waals surface area contributed by atoms with Gasteiger partial charge in [0.1, 0.15) is 5.76 Å². The molecular weight excluding hydrogens is 298 g/mol. The van der Waals surface area contributed by atoms with Crippen molar-refractivity contribution >= 4 is 17.1 Å². The van der Waals surface area contributed by atoms with Gasteiger partial charge < -0.3 is 14.3 Å². The Balaban J connectivity index is 2.15. The molecule has 0 amide bonds. The first-order chi connectivity index (χ1) is 11.0. The van der Waals surface area contributed by atoms with E-state index in [2.05, 4.69) is 10.3 Å². The zero-order chi connectivity index (χ0) is 16.6. The topological polar surface area (TPSA) is 87.0 Å². The van der Waals surface area contributed by atoms with Crippen molar-refractivity contribution in [2.75, 3.05) is 5.32 Å². The molecule has 0 unspecified atom stereocenters. The SMILES string of the molecule is CCCn1c(NCc2ccco2)nc2c1c(=O)n(C)c(=O)n2C. The number of hydrogen-bond acceptors (Lipinski definition) is 5. The van der Waals surface area contributed by atoms with Crippen LogP contribution in [0, 0.1) is 0 Å². The third-order valence-corrected chi connectivity index (χ3v) is 3.80. The molecule has 0 saturated carbocycles. The van der Waals surface area contributed by atoms with Crippen LogP contribution in [0.4, 0.5) is 5.95 Å². The molecular formula is C15H19N5O3. The Morgan fingerprint density at radius 1 is 1.26 bits per heavy atom. The van der Waals surface area contributed by atoms with Gasteiger partial charge in [0.25, 0.3) is 5.56 Å². The molecule has 8 heteroatoms. The van der Waals surface area contributed by atoms with Crippen LogP contribution in [0.25, 0.3) is 11.2 Å². The van der Waals surface area contributed by atoms with Crippen LogP contribution in [0.2, 0.25) is 0 Å². The lowest BCUT2D eigenvalue weighted by atomic mass is 10.4. The monoisotopic (exact) mass is 317 g/mol. The summed E-state index contributed by atoms with van der Waals surface area (Å²) in [6.07, 6.45) is 2.44. The normalized spacial score (nSPS) is 11.3. The third-order valence-electron chi connectivity index (χ3n) is 3.80. The van der Waals surface area contributed by atoms with Crippen LogP contribution in [0.3, 0.4) is 0 Å². The highest BCUT2D eigenvalue weighted by Gasteiger charge is 2.18. The van der Waals surface area contributed by atoms with Crippen molar-refractivity contribution < 1.29 is 4.42 Å². The van der Waals surface area contributed by atoms with E-state index < -0.39 is 0 Å². The minimum atomic E-state index is -0.388. The molecule has 0 spiro atoms. The molecule has 0 aliphatic heterocycles. The molecule has 8 nitrogen and oxygen atoms in total. The van der Waals surface area contributed by atoms with E-state index in [1.807, 2.05) is 23.6 Å². The predicted octanol–water partition coefficient (Wildman–Crippen LogP) is 1.05. The number of rotatable bonds is 5. The molecule has 122 valence electrons. The molecule has 0 saturated heterocycles. The summed E-state index contributed by atoms with van der Waals surface area (Å²) in [5.74, 6) is 1.32. The Hall–Kier alpha value is -2.77. The van der Waals surface area contributed by atoms with E-state index in [1.54, 1.807) is 13.3 Å². The van der Waals surface area contributed by atoms with Crippen molar-refractivity contribution in [3.05, 3.63) is 45.0 Å². The first-order valence-electron chi connectivity index (χ1n) is 7.47. The maximum atomic E-state index is 12.5. The Morgan fingerprint density at radius 3 is 2.70 bits per heavy atom. The summed E-state index contributed by atoms with van der Waals surface area (Å²) in [5, 5.41) is 3.18. The van der Waals surface area contributed by atoms with E-state index in [0.717, 1.165) is 16.7 Å². The van der Waals surface area contributed by atoms with Gasteiger partial charge in [0.2, 0.25) is 5.95 Å². The molecule has 0 aliphatic carbocycles. The summed E-state index contributed by atoms with van der Waals surface area (Å²) in [5.41, 5.74) is 0.0863. The average Bonchev–Trinajstić information content (AvgIpc) is 3.17. The van der Waals surface area contributed by atoms with Crippen LogP contribution < -0.4 is 16.6 Å².